The van der Waals surface area contributed by atoms with Gasteiger partial charge in [-0.2, -0.15) is 44.7 Å². The Morgan fingerprint density at radius 1 is 0.250 bits per heavy atom. The van der Waals surface area contributed by atoms with Gasteiger partial charge in [0, 0.05) is 32.7 Å². The van der Waals surface area contributed by atoms with Crippen LogP contribution in [0.5, 0.6) is 0 Å². The van der Waals surface area contributed by atoms with E-state index in [0.29, 0.717) is 50.3 Å². The van der Waals surface area contributed by atoms with Crippen LogP contribution >= 0.6 is 0 Å². The second-order valence-electron chi connectivity index (χ2n) is 20.3. The van der Waals surface area contributed by atoms with Crippen LogP contribution in [0.15, 0.2) is 224 Å². The van der Waals surface area contributed by atoms with Crippen LogP contribution in [0.4, 0.5) is 13.2 Å². The van der Waals surface area contributed by atoms with E-state index in [1.165, 1.54) is 12.1 Å². The predicted molar refractivity (Wildman–Crippen MR) is 321 cm³/mol. The fourth-order valence-corrected chi connectivity index (χ4v) is 11.5. The molecule has 84 heavy (non-hydrogen) atoms. The van der Waals surface area contributed by atoms with Gasteiger partial charge < -0.3 is 9.13 Å². The lowest BCUT2D eigenvalue weighted by molar-refractivity contribution is -0.137. The molecule has 13 rings (SSSR count). The number of halogens is 3. The zero-order valence-electron chi connectivity index (χ0n) is 44.1. The summed E-state index contributed by atoms with van der Waals surface area (Å²) in [6.07, 6.45) is -4.83. The number of aromatic nitrogens is 2. The summed E-state index contributed by atoms with van der Waals surface area (Å²) < 4.78 is 50.0. The first-order valence-electron chi connectivity index (χ1n) is 26.5. The molecule has 0 N–H and O–H groups in total. The lowest BCUT2D eigenvalue weighted by Crippen LogP contribution is -2.08. The van der Waals surface area contributed by atoms with Crippen LogP contribution in [0.3, 0.4) is 0 Å². The SMILES string of the molecule is N#Cc1ccc(-c2ccc3c(c2)c2cc(-c4ccc(C#N)cc4)ccc2n3-c2ccc(-c3ccc(C#N)cc3C(F)(F)F)cc2-c2ccc(C#N)cc2-n2c3ccc(-c4ccc(C#N)cc4)cc3c3cc(-c4ccc(C#N)cc4)ccc32)cc1. The molecule has 0 saturated heterocycles. The number of fused-ring (bicyclic) bond motifs is 6. The number of nitriles is 6. The Morgan fingerprint density at radius 3 is 0.893 bits per heavy atom. The van der Waals surface area contributed by atoms with Crippen molar-refractivity contribution in [3.05, 3.63) is 263 Å². The van der Waals surface area contributed by atoms with E-state index >= 15 is 13.2 Å². The van der Waals surface area contributed by atoms with Crippen molar-refractivity contribution in [1.29, 1.82) is 31.6 Å². The number of hydrogen-bond donors (Lipinski definition) is 0. The third kappa shape index (κ3) is 8.87. The highest BCUT2D eigenvalue weighted by atomic mass is 19.4. The smallest absolute Gasteiger partial charge is 0.309 e. The molecule has 0 fully saturated rings. The summed E-state index contributed by atoms with van der Waals surface area (Å²) in [5, 5.41) is 62.5. The molecular formula is C73H37F3N8. The first-order chi connectivity index (χ1) is 40.9. The highest BCUT2D eigenvalue weighted by molar-refractivity contribution is 6.14. The second kappa shape index (κ2) is 20.4. The predicted octanol–water partition coefficient (Wildman–Crippen LogP) is 18.1. The molecule has 0 radical (unpaired) electrons. The van der Waals surface area contributed by atoms with E-state index in [1.54, 1.807) is 72.8 Å². The minimum absolute atomic E-state index is 0.131. The fraction of sp³-hybridized carbons (Fsp3) is 0.0137. The molecule has 0 aliphatic heterocycles. The molecule has 13 aromatic rings. The van der Waals surface area contributed by atoms with Gasteiger partial charge in [0.15, 0.2) is 0 Å². The molecule has 0 spiro atoms. The van der Waals surface area contributed by atoms with Gasteiger partial charge in [-0.15, -0.1) is 0 Å². The maximum atomic E-state index is 15.3. The Hall–Kier alpha value is -12.3. The van der Waals surface area contributed by atoms with Crippen LogP contribution in [0.25, 0.3) is 122 Å². The average Bonchev–Trinajstić information content (AvgIpc) is 2.02. The number of rotatable bonds is 8. The highest BCUT2D eigenvalue weighted by Gasteiger charge is 2.35. The van der Waals surface area contributed by atoms with Crippen molar-refractivity contribution in [1.82, 2.24) is 9.13 Å². The summed E-state index contributed by atoms with van der Waals surface area (Å²) in [6.45, 7) is 0. The molecule has 0 aliphatic carbocycles. The largest absolute Gasteiger partial charge is 0.417 e. The van der Waals surface area contributed by atoms with Crippen molar-refractivity contribution in [2.75, 3.05) is 0 Å². The van der Waals surface area contributed by atoms with Gasteiger partial charge in [-0.05, 0) is 189 Å². The van der Waals surface area contributed by atoms with E-state index in [0.717, 1.165) is 94.2 Å². The Morgan fingerprint density at radius 2 is 0.548 bits per heavy atom. The van der Waals surface area contributed by atoms with Gasteiger partial charge in [-0.1, -0.05) is 91.0 Å². The van der Waals surface area contributed by atoms with Gasteiger partial charge in [0.05, 0.1) is 109 Å². The normalized spacial score (nSPS) is 11.2. The third-order valence-electron chi connectivity index (χ3n) is 15.6. The summed E-state index contributed by atoms with van der Waals surface area (Å²) in [4.78, 5) is 0. The molecule has 2 heterocycles. The van der Waals surface area contributed by atoms with Crippen LogP contribution in [0, 0.1) is 68.0 Å². The standard InChI is InChI=1S/C73H37F3N8/c74-73(75,76)66-31-48(42-81)9-24-59(66)58-23-30-67(83-68-26-19-54(50-11-1-44(38-77)2-12-50)33-62(68)63-34-55(20-27-69(63)83)51-13-3-45(39-78)4-14-51)61(37-58)60-25-10-49(43-82)32-72(60)84-70-28-21-56(52-15-5-46(40-79)6-16-52)35-64(70)65-36-57(22-29-71(65)84)53-17-7-47(41-80)8-18-53/h1-37H. The molecule has 0 saturated carbocycles. The lowest BCUT2D eigenvalue weighted by Gasteiger charge is -2.21. The molecular weight excluding hydrogens is 1050 g/mol. The number of hydrogen-bond acceptors (Lipinski definition) is 6. The molecule has 0 aliphatic rings. The average molecular weight is 1080 g/mol. The minimum atomic E-state index is -4.83. The molecule has 2 aromatic heterocycles. The zero-order chi connectivity index (χ0) is 57.8. The van der Waals surface area contributed by atoms with Crippen molar-refractivity contribution in [2.45, 2.75) is 6.18 Å². The van der Waals surface area contributed by atoms with E-state index in [1.807, 2.05) is 115 Å². The number of nitrogens with zero attached hydrogens (tertiary/aromatic N) is 8. The Kier molecular flexibility index (Phi) is 12.5. The van der Waals surface area contributed by atoms with Crippen LogP contribution in [-0.4, -0.2) is 9.13 Å². The number of benzene rings is 11. The van der Waals surface area contributed by atoms with E-state index in [2.05, 4.69) is 63.7 Å². The van der Waals surface area contributed by atoms with Gasteiger partial charge in [0.1, 0.15) is 0 Å². The third-order valence-corrected chi connectivity index (χ3v) is 15.6. The zero-order valence-corrected chi connectivity index (χ0v) is 44.1. The van der Waals surface area contributed by atoms with Crippen molar-refractivity contribution in [3.63, 3.8) is 0 Å². The lowest BCUT2D eigenvalue weighted by atomic mass is 9.92. The first kappa shape index (κ1) is 51.2. The van der Waals surface area contributed by atoms with E-state index < -0.39 is 11.7 Å². The molecule has 11 aromatic carbocycles. The van der Waals surface area contributed by atoms with E-state index in [4.69, 9.17) is 0 Å². The van der Waals surface area contributed by atoms with Gasteiger partial charge in [-0.25, -0.2) is 0 Å². The minimum Gasteiger partial charge on any atom is -0.309 e. The summed E-state index contributed by atoms with van der Waals surface area (Å²) in [6, 6.07) is 81.0. The molecule has 0 atom stereocenters. The van der Waals surface area contributed by atoms with Gasteiger partial charge in [0.25, 0.3) is 0 Å². The van der Waals surface area contributed by atoms with Crippen molar-refractivity contribution in [3.8, 4) is 115 Å². The molecule has 0 bridgehead atoms. The van der Waals surface area contributed by atoms with Crippen LogP contribution < -0.4 is 0 Å². The van der Waals surface area contributed by atoms with Crippen molar-refractivity contribution in [2.24, 2.45) is 0 Å². The Labute approximate surface area is 479 Å². The fourth-order valence-electron chi connectivity index (χ4n) is 11.5. The summed E-state index contributed by atoms with van der Waals surface area (Å²) in [7, 11) is 0. The summed E-state index contributed by atoms with van der Waals surface area (Å²) >= 11 is 0. The van der Waals surface area contributed by atoms with Gasteiger partial charge >= 0.3 is 6.18 Å². The first-order valence-corrected chi connectivity index (χ1v) is 26.5. The highest BCUT2D eigenvalue weighted by Crippen LogP contribution is 2.46. The quantitative estimate of drug-likeness (QED) is 0.148. The van der Waals surface area contributed by atoms with Crippen LogP contribution in [0.2, 0.25) is 0 Å². The maximum Gasteiger partial charge on any atom is 0.417 e. The Bertz CT molecular complexity index is 4930. The second-order valence-corrected chi connectivity index (χ2v) is 20.3. The van der Waals surface area contributed by atoms with Crippen LogP contribution in [-0.2, 0) is 6.18 Å². The topological polar surface area (TPSA) is 153 Å². The van der Waals surface area contributed by atoms with E-state index in [-0.39, 0.29) is 16.7 Å². The molecule has 11 heteroatoms. The Balaban J connectivity index is 1.12. The maximum absolute atomic E-state index is 15.3. The molecule has 390 valence electrons. The van der Waals surface area contributed by atoms with Gasteiger partial charge in [-0.3, -0.25) is 0 Å². The van der Waals surface area contributed by atoms with E-state index in [9.17, 15) is 31.6 Å². The van der Waals surface area contributed by atoms with Gasteiger partial charge in [0.2, 0.25) is 0 Å². The molecule has 8 nitrogen and oxygen atoms in total. The molecule has 0 unspecified atom stereocenters. The van der Waals surface area contributed by atoms with Crippen molar-refractivity contribution < 1.29 is 13.2 Å². The summed E-state index contributed by atoms with van der Waals surface area (Å²) in [5.74, 6) is 0. The summed E-state index contributed by atoms with van der Waals surface area (Å²) in [5.41, 5.74) is 13.8. The van der Waals surface area contributed by atoms with Crippen LogP contribution in [0.1, 0.15) is 38.9 Å². The monoisotopic (exact) mass is 1080 g/mol. The number of alkyl halides is 3. The molecule has 0 amide bonds. The van der Waals surface area contributed by atoms with Crippen molar-refractivity contribution >= 4 is 43.6 Å².